The zero-order valence-corrected chi connectivity index (χ0v) is 23.0. The standard InChI is InChI=1S/C30H22BrNO9/c1-41-23-8-12(2-7-20(23)33)24-14-5-6-16-25(17(14)10-18-26(24)22(35)11-19(31)27(18)36)29(38)32(28(16)37)13-3-4-15(30(39)40)21(34)9-13/h2-5,7-9,11,16-17,24-25,33-34H,6,10H2,1H3,(H,39,40)/t16-,17+,24-,25-/m0/s1. The molecule has 4 atom stereocenters. The van der Waals surface area contributed by atoms with Crippen LogP contribution in [0.4, 0.5) is 5.69 Å². The van der Waals surface area contributed by atoms with E-state index in [1.165, 1.54) is 25.3 Å². The van der Waals surface area contributed by atoms with Crippen LogP contribution in [0.5, 0.6) is 17.2 Å². The average molecular weight is 620 g/mol. The van der Waals surface area contributed by atoms with Crippen LogP contribution in [0.15, 0.2) is 69.8 Å². The number of hydrogen-bond acceptors (Lipinski definition) is 8. The van der Waals surface area contributed by atoms with E-state index in [1.54, 1.807) is 12.1 Å². The number of allylic oxidation sites excluding steroid dienone is 6. The van der Waals surface area contributed by atoms with Gasteiger partial charge in [-0.05, 0) is 64.5 Å². The number of Topliss-reactive ketones (excluding diaryl/α,β-unsaturated/α-hetero) is 1. The van der Waals surface area contributed by atoms with Crippen LogP contribution >= 0.6 is 15.9 Å². The highest BCUT2D eigenvalue weighted by atomic mass is 79.9. The maximum Gasteiger partial charge on any atom is 0.339 e. The van der Waals surface area contributed by atoms with E-state index >= 15 is 0 Å². The van der Waals surface area contributed by atoms with Crippen molar-refractivity contribution in [3.63, 3.8) is 0 Å². The molecule has 3 N–H and O–H groups in total. The minimum atomic E-state index is -1.36. The van der Waals surface area contributed by atoms with E-state index in [2.05, 4.69) is 15.9 Å². The Balaban J connectivity index is 1.47. The highest BCUT2D eigenvalue weighted by Crippen LogP contribution is 2.56. The number of anilines is 1. The molecule has 1 fully saturated rings. The van der Waals surface area contributed by atoms with Gasteiger partial charge in [-0.2, -0.15) is 0 Å². The summed E-state index contributed by atoms with van der Waals surface area (Å²) in [5.74, 6) is -6.54. The van der Waals surface area contributed by atoms with Crippen molar-refractivity contribution < 1.29 is 44.0 Å². The van der Waals surface area contributed by atoms with Gasteiger partial charge in [-0.3, -0.25) is 19.2 Å². The van der Waals surface area contributed by atoms with E-state index in [9.17, 15) is 39.3 Å². The van der Waals surface area contributed by atoms with E-state index in [4.69, 9.17) is 4.74 Å². The zero-order valence-electron chi connectivity index (χ0n) is 21.5. The Morgan fingerprint density at radius 1 is 1.00 bits per heavy atom. The van der Waals surface area contributed by atoms with Gasteiger partial charge in [-0.15, -0.1) is 0 Å². The molecule has 0 unspecified atom stereocenters. The van der Waals surface area contributed by atoms with Gasteiger partial charge in [-0.1, -0.05) is 17.7 Å². The largest absolute Gasteiger partial charge is 0.507 e. The molecule has 1 saturated heterocycles. The first-order valence-electron chi connectivity index (χ1n) is 12.7. The number of carboxylic acids is 1. The summed E-state index contributed by atoms with van der Waals surface area (Å²) in [6.45, 7) is 0. The molecule has 1 aliphatic heterocycles. The minimum absolute atomic E-state index is 0.0450. The molecule has 0 spiro atoms. The lowest BCUT2D eigenvalue weighted by Gasteiger charge is -2.42. The van der Waals surface area contributed by atoms with Crippen molar-refractivity contribution >= 4 is 51.0 Å². The summed E-state index contributed by atoms with van der Waals surface area (Å²) < 4.78 is 5.39. The van der Waals surface area contributed by atoms with Gasteiger partial charge in [0.1, 0.15) is 11.3 Å². The number of imide groups is 1. The number of aromatic carboxylic acids is 1. The zero-order chi connectivity index (χ0) is 29.3. The Bertz CT molecular complexity index is 1700. The van der Waals surface area contributed by atoms with Crippen LogP contribution in [0, 0.1) is 17.8 Å². The summed E-state index contributed by atoms with van der Waals surface area (Å²) in [6, 6.07) is 8.15. The van der Waals surface area contributed by atoms with Gasteiger partial charge in [-0.25, -0.2) is 9.69 Å². The van der Waals surface area contributed by atoms with Crippen LogP contribution in [0.1, 0.15) is 34.7 Å². The van der Waals surface area contributed by atoms with Gasteiger partial charge >= 0.3 is 5.97 Å². The first kappa shape index (κ1) is 26.7. The number of ether oxygens (including phenoxy) is 1. The summed E-state index contributed by atoms with van der Waals surface area (Å²) in [7, 11) is 1.39. The molecule has 10 nitrogen and oxygen atoms in total. The fraction of sp³-hybridized carbons (Fsp3) is 0.233. The third-order valence-electron chi connectivity index (χ3n) is 8.34. The predicted molar refractivity (Wildman–Crippen MR) is 147 cm³/mol. The minimum Gasteiger partial charge on any atom is -0.507 e. The number of carbonyl (C=O) groups is 5. The van der Waals surface area contributed by atoms with Gasteiger partial charge in [0.05, 0.1) is 29.1 Å². The molecule has 0 bridgehead atoms. The number of aromatic hydroxyl groups is 2. The fourth-order valence-electron chi connectivity index (χ4n) is 6.55. The van der Waals surface area contributed by atoms with Gasteiger partial charge in [0.25, 0.3) is 0 Å². The van der Waals surface area contributed by atoms with Crippen molar-refractivity contribution in [2.24, 2.45) is 17.8 Å². The quantitative estimate of drug-likeness (QED) is 0.263. The first-order valence-corrected chi connectivity index (χ1v) is 13.5. The molecule has 2 aromatic rings. The Hall–Kier alpha value is -4.51. The number of amides is 2. The maximum absolute atomic E-state index is 13.9. The van der Waals surface area contributed by atoms with Crippen LogP contribution < -0.4 is 9.64 Å². The highest BCUT2D eigenvalue weighted by Gasteiger charge is 2.56. The molecule has 0 saturated carbocycles. The molecule has 1 heterocycles. The molecular weight excluding hydrogens is 598 g/mol. The Kier molecular flexibility index (Phi) is 6.22. The lowest BCUT2D eigenvalue weighted by Crippen LogP contribution is -2.39. The number of methoxy groups -OCH3 is 1. The molecule has 41 heavy (non-hydrogen) atoms. The lowest BCUT2D eigenvalue weighted by atomic mass is 9.59. The summed E-state index contributed by atoms with van der Waals surface area (Å²) in [6.07, 6.45) is 3.35. The van der Waals surface area contributed by atoms with Crippen molar-refractivity contribution in [1.29, 1.82) is 0 Å². The molecular formula is C30H22BrNO9. The van der Waals surface area contributed by atoms with Crippen LogP contribution in [0.2, 0.25) is 0 Å². The molecule has 6 rings (SSSR count). The van der Waals surface area contributed by atoms with Gasteiger partial charge < -0.3 is 20.1 Å². The second-order valence-corrected chi connectivity index (χ2v) is 11.2. The molecule has 2 amide bonds. The third kappa shape index (κ3) is 3.94. The number of hydrogen-bond donors (Lipinski definition) is 3. The first-order chi connectivity index (χ1) is 19.5. The summed E-state index contributed by atoms with van der Waals surface area (Å²) in [5, 5.41) is 29.7. The molecule has 11 heteroatoms. The second kappa shape index (κ2) is 9.55. The Morgan fingerprint density at radius 2 is 1.76 bits per heavy atom. The van der Waals surface area contributed by atoms with E-state index in [0.29, 0.717) is 5.56 Å². The van der Waals surface area contributed by atoms with E-state index < -0.39 is 47.2 Å². The van der Waals surface area contributed by atoms with E-state index in [0.717, 1.165) is 22.6 Å². The smallest absolute Gasteiger partial charge is 0.339 e. The highest BCUT2D eigenvalue weighted by molar-refractivity contribution is 9.12. The summed E-state index contributed by atoms with van der Waals surface area (Å²) >= 11 is 3.19. The molecule has 4 aliphatic rings. The predicted octanol–water partition coefficient (Wildman–Crippen LogP) is 3.77. The van der Waals surface area contributed by atoms with E-state index in [-0.39, 0.29) is 62.8 Å². The Morgan fingerprint density at radius 3 is 2.44 bits per heavy atom. The Labute approximate surface area is 241 Å². The SMILES string of the molecule is COc1cc([C@H]2C3=CC[C@@H]4C(=O)N(c5ccc(C(=O)O)c(O)c5)C(=O)[C@@H]4[C@@H]3CC3=C2C(=O)C=C(Br)C3=O)ccc1O. The normalized spacial score (nSPS) is 25.4. The maximum atomic E-state index is 13.9. The van der Waals surface area contributed by atoms with Crippen LogP contribution in [-0.4, -0.2) is 51.8 Å². The number of halogens is 1. The van der Waals surface area contributed by atoms with Crippen molar-refractivity contribution in [2.45, 2.75) is 18.8 Å². The van der Waals surface area contributed by atoms with Crippen LogP contribution in [-0.2, 0) is 19.2 Å². The van der Waals surface area contributed by atoms with Crippen molar-refractivity contribution in [1.82, 2.24) is 0 Å². The molecule has 208 valence electrons. The van der Waals surface area contributed by atoms with Crippen molar-refractivity contribution in [3.8, 4) is 17.2 Å². The van der Waals surface area contributed by atoms with Gasteiger partial charge in [0.15, 0.2) is 23.1 Å². The average Bonchev–Trinajstić information content (AvgIpc) is 3.20. The van der Waals surface area contributed by atoms with Crippen molar-refractivity contribution in [2.75, 3.05) is 12.0 Å². The molecule has 0 aromatic heterocycles. The molecule has 0 radical (unpaired) electrons. The topological polar surface area (TPSA) is 159 Å². The monoisotopic (exact) mass is 619 g/mol. The molecule has 3 aliphatic carbocycles. The number of rotatable bonds is 4. The number of carboxylic acid groups (broad SMARTS) is 1. The summed E-state index contributed by atoms with van der Waals surface area (Å²) in [5.41, 5.74) is 1.52. The van der Waals surface area contributed by atoms with E-state index in [1.807, 2.05) is 6.08 Å². The fourth-order valence-corrected chi connectivity index (χ4v) is 7.00. The number of benzene rings is 2. The van der Waals surface area contributed by atoms with Gasteiger partial charge in [0.2, 0.25) is 11.8 Å². The summed E-state index contributed by atoms with van der Waals surface area (Å²) in [4.78, 5) is 66.5. The second-order valence-electron chi connectivity index (χ2n) is 10.3. The number of nitrogens with zero attached hydrogens (tertiary/aromatic N) is 1. The third-order valence-corrected chi connectivity index (χ3v) is 8.93. The lowest BCUT2D eigenvalue weighted by molar-refractivity contribution is -0.123. The van der Waals surface area contributed by atoms with Gasteiger partial charge in [0, 0.05) is 29.2 Å². The van der Waals surface area contributed by atoms with Crippen LogP contribution in [0.25, 0.3) is 0 Å². The number of fused-ring (bicyclic) bond motifs is 3. The number of ketones is 2. The number of phenols is 2. The van der Waals surface area contributed by atoms with Crippen LogP contribution in [0.3, 0.4) is 0 Å². The number of phenolic OH excluding ortho intramolecular Hbond substituents is 1. The van der Waals surface area contributed by atoms with Crippen molar-refractivity contribution in [3.05, 3.63) is 80.9 Å². The molecule has 2 aromatic carbocycles. The number of carbonyl (C=O) groups excluding carboxylic acids is 4.